The molecule has 150 valence electrons. The monoisotopic (exact) mass is 408 g/mol. The molecule has 3 heterocycles. The number of hydrogen-bond acceptors (Lipinski definition) is 5. The molecule has 3 rings (SSSR count). The highest BCUT2D eigenvalue weighted by Crippen LogP contribution is 2.26. The molecule has 0 bridgehead atoms. The number of aromatic nitrogens is 2. The maximum Gasteiger partial charge on any atom is 0.223 e. The van der Waals surface area contributed by atoms with Crippen LogP contribution in [0.1, 0.15) is 49.5 Å². The van der Waals surface area contributed by atoms with Crippen LogP contribution in [0.3, 0.4) is 0 Å². The fourth-order valence-electron chi connectivity index (χ4n) is 3.48. The highest BCUT2D eigenvalue weighted by atomic mass is 32.1. The lowest BCUT2D eigenvalue weighted by Gasteiger charge is -2.15. The molecule has 0 aliphatic carbocycles. The topological polar surface area (TPSA) is 58.1 Å². The third-order valence-corrected chi connectivity index (χ3v) is 5.44. The van der Waals surface area contributed by atoms with Gasteiger partial charge in [-0.05, 0) is 56.3 Å². The van der Waals surface area contributed by atoms with E-state index in [1.54, 1.807) is 11.3 Å². The molecule has 1 aliphatic heterocycles. The summed E-state index contributed by atoms with van der Waals surface area (Å²) < 4.78 is 0. The standard InChI is InChI=1S/C19H26N4OS.CH4.H2S/c1-4-17-9-16(7-13(2)21-17)8-15-5-6-23(11-15)12-18-10-20-19(25-18)22-14(3)24;;/h7,9-10,15H,4-6,8,11-12H2,1-3H3,(H,20,22,24);1H4;1H2. The first-order valence-corrected chi connectivity index (χ1v) is 9.74. The maximum atomic E-state index is 11.1. The number of hydrogen-bond donors (Lipinski definition) is 1. The molecule has 7 heteroatoms. The average molecular weight is 409 g/mol. The molecule has 2 aromatic rings. The number of anilines is 1. The molecule has 1 N–H and O–H groups in total. The average Bonchev–Trinajstić information content (AvgIpc) is 3.16. The largest absolute Gasteiger partial charge is 0.302 e. The van der Waals surface area contributed by atoms with Crippen LogP contribution in [0.2, 0.25) is 0 Å². The van der Waals surface area contributed by atoms with Gasteiger partial charge in [0.05, 0.1) is 0 Å². The van der Waals surface area contributed by atoms with Crippen molar-refractivity contribution >= 4 is 35.9 Å². The van der Waals surface area contributed by atoms with Gasteiger partial charge in [0.2, 0.25) is 5.91 Å². The van der Waals surface area contributed by atoms with Crippen molar-refractivity contribution in [1.29, 1.82) is 0 Å². The second kappa shape index (κ2) is 10.8. The van der Waals surface area contributed by atoms with E-state index in [2.05, 4.69) is 46.2 Å². The summed E-state index contributed by atoms with van der Waals surface area (Å²) in [4.78, 5) is 23.6. The first-order valence-electron chi connectivity index (χ1n) is 8.93. The van der Waals surface area contributed by atoms with Crippen molar-refractivity contribution < 1.29 is 4.79 Å². The Balaban J connectivity index is 0.00000182. The summed E-state index contributed by atoms with van der Waals surface area (Å²) in [5.74, 6) is 0.635. The number of nitrogens with one attached hydrogen (secondary N) is 1. The molecule has 27 heavy (non-hydrogen) atoms. The van der Waals surface area contributed by atoms with Crippen molar-refractivity contribution in [2.24, 2.45) is 5.92 Å². The van der Waals surface area contributed by atoms with E-state index >= 15 is 0 Å². The Hall–Kier alpha value is -1.44. The van der Waals surface area contributed by atoms with Crippen molar-refractivity contribution in [3.05, 3.63) is 40.2 Å². The number of nitrogens with zero attached hydrogens (tertiary/aromatic N) is 3. The van der Waals surface area contributed by atoms with E-state index in [1.165, 1.54) is 29.5 Å². The van der Waals surface area contributed by atoms with Gasteiger partial charge in [-0.15, -0.1) is 11.3 Å². The molecule has 1 aliphatic rings. The van der Waals surface area contributed by atoms with Gasteiger partial charge in [-0.2, -0.15) is 13.5 Å². The molecule has 1 amide bonds. The summed E-state index contributed by atoms with van der Waals surface area (Å²) >= 11 is 1.57. The van der Waals surface area contributed by atoms with E-state index in [9.17, 15) is 4.79 Å². The van der Waals surface area contributed by atoms with Gasteiger partial charge in [-0.3, -0.25) is 14.7 Å². The minimum absolute atomic E-state index is 0. The number of likely N-dealkylation sites (tertiary alicyclic amines) is 1. The molecule has 1 fully saturated rings. The lowest BCUT2D eigenvalue weighted by Crippen LogP contribution is -2.20. The van der Waals surface area contributed by atoms with Crippen LogP contribution < -0.4 is 5.32 Å². The molecule has 1 unspecified atom stereocenters. The SMILES string of the molecule is C.CCc1cc(CC2CCN(Cc3cnc(NC(C)=O)s3)C2)cc(C)n1.S. The third kappa shape index (κ3) is 6.90. The van der Waals surface area contributed by atoms with Crippen LogP contribution in [0, 0.1) is 12.8 Å². The summed E-state index contributed by atoms with van der Waals surface area (Å²) in [5, 5.41) is 3.44. The third-order valence-electron chi connectivity index (χ3n) is 4.54. The van der Waals surface area contributed by atoms with Crippen LogP contribution in [0.4, 0.5) is 5.13 Å². The number of thiazole rings is 1. The fourth-order valence-corrected chi connectivity index (χ4v) is 4.38. The Labute approximate surface area is 174 Å². The lowest BCUT2D eigenvalue weighted by molar-refractivity contribution is -0.114. The zero-order valence-corrected chi connectivity index (χ0v) is 17.5. The Morgan fingerprint density at radius 2 is 2.19 bits per heavy atom. The van der Waals surface area contributed by atoms with E-state index in [1.807, 2.05) is 6.20 Å². The van der Waals surface area contributed by atoms with Gasteiger partial charge >= 0.3 is 0 Å². The number of amides is 1. The van der Waals surface area contributed by atoms with Crippen LogP contribution >= 0.6 is 24.8 Å². The predicted octanol–water partition coefficient (Wildman–Crippen LogP) is 4.18. The van der Waals surface area contributed by atoms with E-state index in [-0.39, 0.29) is 26.8 Å². The van der Waals surface area contributed by atoms with Gasteiger partial charge in [-0.25, -0.2) is 4.98 Å². The molecule has 5 nitrogen and oxygen atoms in total. The number of carbonyl (C=O) groups excluding carboxylic acids is 1. The lowest BCUT2D eigenvalue weighted by atomic mass is 9.98. The second-order valence-electron chi connectivity index (χ2n) is 6.87. The van der Waals surface area contributed by atoms with Gasteiger partial charge in [0, 0.05) is 42.5 Å². The molecule has 0 saturated carbocycles. The molecule has 1 saturated heterocycles. The second-order valence-corrected chi connectivity index (χ2v) is 7.98. The molecule has 1 atom stereocenters. The summed E-state index contributed by atoms with van der Waals surface area (Å²) in [6.07, 6.45) is 5.24. The zero-order valence-electron chi connectivity index (χ0n) is 15.7. The molecule has 0 aromatic carbocycles. The number of pyridine rings is 1. The number of rotatable bonds is 6. The van der Waals surface area contributed by atoms with Crippen LogP contribution in [-0.2, 0) is 24.2 Å². The maximum absolute atomic E-state index is 11.1. The van der Waals surface area contributed by atoms with Crippen LogP contribution in [-0.4, -0.2) is 33.9 Å². The highest BCUT2D eigenvalue weighted by molar-refractivity contribution is 7.59. The summed E-state index contributed by atoms with van der Waals surface area (Å²) in [6, 6.07) is 4.49. The van der Waals surface area contributed by atoms with Crippen LogP contribution in [0.15, 0.2) is 18.3 Å². The highest BCUT2D eigenvalue weighted by Gasteiger charge is 2.23. The molecule has 0 spiro atoms. The van der Waals surface area contributed by atoms with E-state index < -0.39 is 0 Å². The van der Waals surface area contributed by atoms with Gasteiger partial charge in [0.25, 0.3) is 0 Å². The van der Waals surface area contributed by atoms with E-state index in [0.29, 0.717) is 11.0 Å². The van der Waals surface area contributed by atoms with E-state index in [0.717, 1.165) is 38.2 Å². The van der Waals surface area contributed by atoms with Crippen molar-refractivity contribution in [2.45, 2.75) is 54.0 Å². The first-order chi connectivity index (χ1) is 12.0. The van der Waals surface area contributed by atoms with Crippen molar-refractivity contribution in [3.63, 3.8) is 0 Å². The van der Waals surface area contributed by atoms with Crippen molar-refractivity contribution in [3.8, 4) is 0 Å². The van der Waals surface area contributed by atoms with Gasteiger partial charge < -0.3 is 5.32 Å². The molecular formula is C20H32N4OS2. The Morgan fingerprint density at radius 3 is 2.89 bits per heavy atom. The minimum Gasteiger partial charge on any atom is -0.302 e. The van der Waals surface area contributed by atoms with Crippen LogP contribution in [0.25, 0.3) is 0 Å². The number of aryl methyl sites for hydroxylation is 2. The normalized spacial score (nSPS) is 16.5. The molecular weight excluding hydrogens is 376 g/mol. The zero-order chi connectivity index (χ0) is 17.8. The Bertz CT molecular complexity index is 747. The molecule has 0 radical (unpaired) electrons. The van der Waals surface area contributed by atoms with Gasteiger partial charge in [0.1, 0.15) is 0 Å². The summed E-state index contributed by atoms with van der Waals surface area (Å²) in [6.45, 7) is 8.92. The summed E-state index contributed by atoms with van der Waals surface area (Å²) in [5.41, 5.74) is 3.74. The van der Waals surface area contributed by atoms with Crippen LogP contribution in [0.5, 0.6) is 0 Å². The van der Waals surface area contributed by atoms with Gasteiger partial charge in [-0.1, -0.05) is 14.4 Å². The van der Waals surface area contributed by atoms with Gasteiger partial charge in [0.15, 0.2) is 5.13 Å². The Morgan fingerprint density at radius 1 is 1.41 bits per heavy atom. The fraction of sp³-hybridized carbons (Fsp3) is 0.550. The van der Waals surface area contributed by atoms with Crippen molar-refractivity contribution in [1.82, 2.24) is 14.9 Å². The predicted molar refractivity (Wildman–Crippen MR) is 119 cm³/mol. The minimum atomic E-state index is -0.0683. The number of carbonyl (C=O) groups is 1. The first kappa shape index (κ1) is 23.6. The van der Waals surface area contributed by atoms with E-state index in [4.69, 9.17) is 0 Å². The molecule has 2 aromatic heterocycles. The quantitative estimate of drug-likeness (QED) is 0.779. The summed E-state index contributed by atoms with van der Waals surface area (Å²) in [7, 11) is 0. The smallest absolute Gasteiger partial charge is 0.223 e. The Kier molecular flexibility index (Phi) is 9.42. The van der Waals surface area contributed by atoms with Crippen molar-refractivity contribution in [2.75, 3.05) is 18.4 Å².